The van der Waals surface area contributed by atoms with E-state index in [0.717, 1.165) is 16.9 Å². The van der Waals surface area contributed by atoms with Gasteiger partial charge in [0.1, 0.15) is 24.1 Å². The van der Waals surface area contributed by atoms with Crippen molar-refractivity contribution >= 4 is 17.9 Å². The Bertz CT molecular complexity index is 943. The number of rotatable bonds is 20. The summed E-state index contributed by atoms with van der Waals surface area (Å²) in [5.41, 5.74) is 1.95. The van der Waals surface area contributed by atoms with Crippen molar-refractivity contribution in [2.75, 3.05) is 13.7 Å². The second-order valence-electron chi connectivity index (χ2n) is 11.0. The Balaban J connectivity index is 2.95. The SMILES string of the molecule is C=C(C)CC[C@@H](C[C@@H](C[C@H](CC[C@@H](C)[C@H](OCc1ccc(OC)cc1)[C@H](C)CO)OC(C)=O)OC(C)=O)OC(C)=O. The molecule has 0 aliphatic carbocycles. The van der Waals surface area contributed by atoms with Crippen LogP contribution in [0.25, 0.3) is 0 Å². The van der Waals surface area contributed by atoms with Gasteiger partial charge in [0.25, 0.3) is 0 Å². The zero-order valence-electron chi connectivity index (χ0n) is 25.9. The minimum absolute atomic E-state index is 0.0265. The molecule has 9 nitrogen and oxygen atoms in total. The Hall–Kier alpha value is -2.91. The molecule has 6 atom stereocenters. The van der Waals surface area contributed by atoms with Gasteiger partial charge in [0.15, 0.2) is 0 Å². The van der Waals surface area contributed by atoms with Gasteiger partial charge in [-0.1, -0.05) is 31.6 Å². The molecule has 0 saturated carbocycles. The van der Waals surface area contributed by atoms with E-state index < -0.39 is 36.2 Å². The van der Waals surface area contributed by atoms with Gasteiger partial charge in [-0.05, 0) is 56.2 Å². The smallest absolute Gasteiger partial charge is 0.302 e. The van der Waals surface area contributed by atoms with Crippen molar-refractivity contribution in [3.63, 3.8) is 0 Å². The molecule has 1 rings (SSSR count). The molecular formula is C32H50O9. The lowest BCUT2D eigenvalue weighted by Crippen LogP contribution is -2.34. The second kappa shape index (κ2) is 19.3. The van der Waals surface area contributed by atoms with Gasteiger partial charge in [0, 0.05) is 46.1 Å². The number of hydrogen-bond acceptors (Lipinski definition) is 9. The Kier molecular flexibility index (Phi) is 17.0. The summed E-state index contributed by atoms with van der Waals surface area (Å²) in [5.74, 6) is -0.621. The quantitative estimate of drug-likeness (QED) is 0.121. The van der Waals surface area contributed by atoms with Crippen molar-refractivity contribution in [3.8, 4) is 5.75 Å². The molecule has 1 aromatic carbocycles. The highest BCUT2D eigenvalue weighted by Gasteiger charge is 2.29. The monoisotopic (exact) mass is 578 g/mol. The molecule has 0 fully saturated rings. The lowest BCUT2D eigenvalue weighted by Gasteiger charge is -2.31. The largest absolute Gasteiger partial charge is 0.497 e. The Morgan fingerprint density at radius 1 is 0.780 bits per heavy atom. The van der Waals surface area contributed by atoms with Gasteiger partial charge in [-0.3, -0.25) is 14.4 Å². The summed E-state index contributed by atoms with van der Waals surface area (Å²) < 4.78 is 28.2. The molecule has 0 amide bonds. The van der Waals surface area contributed by atoms with E-state index in [1.165, 1.54) is 20.8 Å². The van der Waals surface area contributed by atoms with Crippen LogP contribution in [0.4, 0.5) is 0 Å². The zero-order valence-corrected chi connectivity index (χ0v) is 25.9. The van der Waals surface area contributed by atoms with Crippen LogP contribution in [0.15, 0.2) is 36.4 Å². The topological polar surface area (TPSA) is 118 Å². The maximum atomic E-state index is 12.0. The van der Waals surface area contributed by atoms with Gasteiger partial charge in [-0.2, -0.15) is 0 Å². The fourth-order valence-corrected chi connectivity index (χ4v) is 4.86. The third kappa shape index (κ3) is 15.6. The number of carbonyl (C=O) groups is 3. The summed E-state index contributed by atoms with van der Waals surface area (Å²) in [7, 11) is 1.62. The standard InChI is InChI=1S/C32H50O9/c1-21(2)9-13-29(39-24(5)34)17-31(41-26(7)36)18-30(40-25(6)35)14-10-22(3)32(23(4)19-33)38-20-27-11-15-28(37-8)16-12-27/h11-12,15-16,22-23,29-33H,1,9-10,13-14,17-20H2,2-8H3/t22-,23-,29+,30+,31+,32+/m1/s1. The molecule has 0 radical (unpaired) electrons. The lowest BCUT2D eigenvalue weighted by atomic mass is 9.88. The highest BCUT2D eigenvalue weighted by Crippen LogP contribution is 2.27. The lowest BCUT2D eigenvalue weighted by molar-refractivity contribution is -0.156. The minimum atomic E-state index is -0.611. The number of methoxy groups -OCH3 is 1. The van der Waals surface area contributed by atoms with Crippen molar-refractivity contribution < 1.29 is 43.2 Å². The van der Waals surface area contributed by atoms with E-state index in [1.807, 2.05) is 45.0 Å². The van der Waals surface area contributed by atoms with Crippen LogP contribution in [-0.4, -0.2) is 61.1 Å². The fraction of sp³-hybridized carbons (Fsp3) is 0.656. The Labute approximate surface area is 245 Å². The number of aliphatic hydroxyl groups is 1. The number of hydrogen-bond donors (Lipinski definition) is 1. The first kappa shape index (κ1) is 36.1. The zero-order chi connectivity index (χ0) is 30.9. The average molecular weight is 579 g/mol. The van der Waals surface area contributed by atoms with Gasteiger partial charge in [0.05, 0.1) is 19.8 Å². The molecular weight excluding hydrogens is 528 g/mol. The summed E-state index contributed by atoms with van der Waals surface area (Å²) in [6.45, 7) is 14.2. The van der Waals surface area contributed by atoms with Crippen molar-refractivity contribution in [2.45, 2.75) is 111 Å². The van der Waals surface area contributed by atoms with Gasteiger partial charge in [-0.15, -0.1) is 6.58 Å². The minimum Gasteiger partial charge on any atom is -0.497 e. The predicted octanol–water partition coefficient (Wildman–Crippen LogP) is 5.56. The molecule has 1 aromatic rings. The summed E-state index contributed by atoms with van der Waals surface area (Å²) >= 11 is 0. The van der Waals surface area contributed by atoms with Crippen molar-refractivity contribution in [1.82, 2.24) is 0 Å². The molecule has 0 aliphatic heterocycles. The molecule has 0 aliphatic rings. The predicted molar refractivity (Wildman–Crippen MR) is 156 cm³/mol. The van der Waals surface area contributed by atoms with E-state index >= 15 is 0 Å². The van der Waals surface area contributed by atoms with Crippen LogP contribution >= 0.6 is 0 Å². The summed E-state index contributed by atoms with van der Waals surface area (Å²) in [5, 5.41) is 9.89. The Morgan fingerprint density at radius 3 is 1.76 bits per heavy atom. The Morgan fingerprint density at radius 2 is 1.29 bits per heavy atom. The summed E-state index contributed by atoms with van der Waals surface area (Å²) in [6.07, 6.45) is 1.08. The van der Waals surface area contributed by atoms with E-state index in [-0.39, 0.29) is 37.4 Å². The maximum absolute atomic E-state index is 12.0. The highest BCUT2D eigenvalue weighted by molar-refractivity contribution is 5.67. The van der Waals surface area contributed by atoms with Gasteiger partial charge in [-0.25, -0.2) is 0 Å². The van der Waals surface area contributed by atoms with Crippen LogP contribution < -0.4 is 4.74 Å². The van der Waals surface area contributed by atoms with Gasteiger partial charge < -0.3 is 28.8 Å². The van der Waals surface area contributed by atoms with Gasteiger partial charge >= 0.3 is 17.9 Å². The first-order valence-electron chi connectivity index (χ1n) is 14.4. The van der Waals surface area contributed by atoms with Crippen molar-refractivity contribution in [3.05, 3.63) is 42.0 Å². The maximum Gasteiger partial charge on any atom is 0.302 e. The van der Waals surface area contributed by atoms with E-state index in [1.54, 1.807) is 7.11 Å². The third-order valence-corrected chi connectivity index (χ3v) is 6.90. The molecule has 9 heteroatoms. The molecule has 1 N–H and O–H groups in total. The van der Waals surface area contributed by atoms with Crippen molar-refractivity contribution in [1.29, 1.82) is 0 Å². The first-order valence-corrected chi connectivity index (χ1v) is 14.4. The van der Waals surface area contributed by atoms with Crippen LogP contribution in [0.1, 0.15) is 85.6 Å². The van der Waals surface area contributed by atoms with E-state index in [0.29, 0.717) is 32.3 Å². The molecule has 41 heavy (non-hydrogen) atoms. The van der Waals surface area contributed by atoms with Crippen LogP contribution in [-0.2, 0) is 39.9 Å². The number of ether oxygens (including phenoxy) is 5. The number of aliphatic hydroxyl groups excluding tert-OH is 1. The van der Waals surface area contributed by atoms with Crippen molar-refractivity contribution in [2.24, 2.45) is 11.8 Å². The third-order valence-electron chi connectivity index (χ3n) is 6.90. The van der Waals surface area contributed by atoms with E-state index in [2.05, 4.69) is 6.58 Å². The summed E-state index contributed by atoms with van der Waals surface area (Å²) in [6, 6.07) is 7.63. The number of esters is 3. The van der Waals surface area contributed by atoms with Crippen LogP contribution in [0.2, 0.25) is 0 Å². The molecule has 0 heterocycles. The highest BCUT2D eigenvalue weighted by atomic mass is 16.6. The van der Waals surface area contributed by atoms with Crippen LogP contribution in [0.5, 0.6) is 5.75 Å². The number of allylic oxidation sites excluding steroid dienone is 1. The van der Waals surface area contributed by atoms with E-state index in [9.17, 15) is 19.5 Å². The number of benzene rings is 1. The fourth-order valence-electron chi connectivity index (χ4n) is 4.86. The molecule has 0 aromatic heterocycles. The molecule has 0 saturated heterocycles. The molecule has 232 valence electrons. The van der Waals surface area contributed by atoms with Crippen LogP contribution in [0, 0.1) is 11.8 Å². The molecule has 0 spiro atoms. The summed E-state index contributed by atoms with van der Waals surface area (Å²) in [4.78, 5) is 35.6. The number of carbonyl (C=O) groups excluding carboxylic acids is 3. The van der Waals surface area contributed by atoms with E-state index in [4.69, 9.17) is 23.7 Å². The molecule has 0 unspecified atom stereocenters. The average Bonchev–Trinajstić information content (AvgIpc) is 2.89. The molecule has 0 bridgehead atoms. The normalized spacial score (nSPS) is 15.5. The van der Waals surface area contributed by atoms with Crippen LogP contribution in [0.3, 0.4) is 0 Å². The second-order valence-corrected chi connectivity index (χ2v) is 11.0. The van der Waals surface area contributed by atoms with Gasteiger partial charge in [0.2, 0.25) is 0 Å². The first-order chi connectivity index (χ1) is 19.3.